The fourth-order valence-corrected chi connectivity index (χ4v) is 3.18. The second-order valence-electron chi connectivity index (χ2n) is 6.31. The van der Waals surface area contributed by atoms with Crippen LogP contribution >= 0.6 is 0 Å². The molecule has 1 fully saturated rings. The molecule has 0 radical (unpaired) electrons. The van der Waals surface area contributed by atoms with Gasteiger partial charge in [0.2, 0.25) is 5.91 Å². The summed E-state index contributed by atoms with van der Waals surface area (Å²) in [5.41, 5.74) is 6.74. The number of benzene rings is 1. The molecule has 1 aliphatic rings. The van der Waals surface area contributed by atoms with Crippen molar-refractivity contribution in [1.29, 1.82) is 0 Å². The molecule has 1 aromatic rings. The van der Waals surface area contributed by atoms with Crippen molar-refractivity contribution in [3.05, 3.63) is 30.3 Å². The second kappa shape index (κ2) is 7.05. The van der Waals surface area contributed by atoms with Gasteiger partial charge in [-0.3, -0.25) is 9.69 Å². The number of hydrogen-bond acceptors (Lipinski definition) is 3. The molecule has 2 rings (SSSR count). The van der Waals surface area contributed by atoms with E-state index in [0.717, 1.165) is 18.7 Å². The number of hydrogen-bond donors (Lipinski definition) is 1. The molecule has 2 unspecified atom stereocenters. The minimum absolute atomic E-state index is 0.156. The van der Waals surface area contributed by atoms with Crippen LogP contribution in [-0.4, -0.2) is 42.5 Å². The lowest BCUT2D eigenvalue weighted by molar-refractivity contribution is -0.120. The normalized spacial score (nSPS) is 22.7. The maximum atomic E-state index is 12.7. The quantitative estimate of drug-likeness (QED) is 0.903. The Bertz CT molecular complexity index is 460. The van der Waals surface area contributed by atoms with Gasteiger partial charge in [-0.05, 0) is 51.8 Å². The predicted octanol–water partition coefficient (Wildman–Crippen LogP) is 2.10. The Morgan fingerprint density at radius 3 is 2.57 bits per heavy atom. The summed E-state index contributed by atoms with van der Waals surface area (Å²) in [4.78, 5) is 16.9. The third kappa shape index (κ3) is 3.83. The number of para-hydroxylation sites is 1. The van der Waals surface area contributed by atoms with Gasteiger partial charge in [-0.1, -0.05) is 18.2 Å². The first kappa shape index (κ1) is 16.0. The largest absolute Gasteiger partial charge is 0.330 e. The second-order valence-corrected chi connectivity index (χ2v) is 6.31. The standard InChI is InChI=1S/C17H27N3O/c1-13(2)20(16-7-5-4-6-8-16)17(21)12-19-11-15(10-18)9-14(19)3/h4-8,13-15H,9-12,18H2,1-3H3. The van der Waals surface area contributed by atoms with Crippen LogP contribution in [0.4, 0.5) is 5.69 Å². The third-order valence-electron chi connectivity index (χ3n) is 4.28. The van der Waals surface area contributed by atoms with E-state index in [0.29, 0.717) is 25.0 Å². The van der Waals surface area contributed by atoms with Crippen LogP contribution in [-0.2, 0) is 4.79 Å². The lowest BCUT2D eigenvalue weighted by Crippen LogP contribution is -2.45. The number of carbonyl (C=O) groups excluding carboxylic acids is 1. The average Bonchev–Trinajstić information content (AvgIpc) is 2.80. The van der Waals surface area contributed by atoms with Crippen molar-refractivity contribution < 1.29 is 4.79 Å². The number of anilines is 1. The van der Waals surface area contributed by atoms with E-state index in [1.54, 1.807) is 0 Å². The van der Waals surface area contributed by atoms with E-state index in [2.05, 4.69) is 25.7 Å². The van der Waals surface area contributed by atoms with Crippen molar-refractivity contribution in [2.75, 3.05) is 24.5 Å². The number of amides is 1. The maximum Gasteiger partial charge on any atom is 0.241 e. The van der Waals surface area contributed by atoms with Gasteiger partial charge in [0.25, 0.3) is 0 Å². The molecule has 1 aliphatic heterocycles. The summed E-state index contributed by atoms with van der Waals surface area (Å²) in [6.07, 6.45) is 1.09. The monoisotopic (exact) mass is 289 g/mol. The highest BCUT2D eigenvalue weighted by atomic mass is 16.2. The molecule has 0 bridgehead atoms. The fourth-order valence-electron chi connectivity index (χ4n) is 3.18. The minimum atomic E-state index is 0.156. The van der Waals surface area contributed by atoms with E-state index < -0.39 is 0 Å². The molecule has 21 heavy (non-hydrogen) atoms. The molecule has 0 saturated carbocycles. The van der Waals surface area contributed by atoms with Crippen molar-refractivity contribution in [3.8, 4) is 0 Å². The van der Waals surface area contributed by atoms with E-state index in [4.69, 9.17) is 5.73 Å². The summed E-state index contributed by atoms with van der Waals surface area (Å²) in [6.45, 7) is 8.42. The Balaban J connectivity index is 2.07. The van der Waals surface area contributed by atoms with Crippen molar-refractivity contribution >= 4 is 11.6 Å². The first-order valence-electron chi connectivity index (χ1n) is 7.84. The Hall–Kier alpha value is -1.39. The van der Waals surface area contributed by atoms with E-state index in [-0.39, 0.29) is 11.9 Å². The van der Waals surface area contributed by atoms with Crippen molar-refractivity contribution in [1.82, 2.24) is 4.90 Å². The number of nitrogens with two attached hydrogens (primary N) is 1. The average molecular weight is 289 g/mol. The van der Waals surface area contributed by atoms with E-state index in [9.17, 15) is 4.79 Å². The molecule has 2 atom stereocenters. The fraction of sp³-hybridized carbons (Fsp3) is 0.588. The molecule has 1 saturated heterocycles. The van der Waals surface area contributed by atoms with Gasteiger partial charge in [0.05, 0.1) is 6.54 Å². The molecule has 4 nitrogen and oxygen atoms in total. The maximum absolute atomic E-state index is 12.7. The lowest BCUT2D eigenvalue weighted by Gasteiger charge is -2.30. The highest BCUT2D eigenvalue weighted by molar-refractivity contribution is 5.95. The molecule has 2 N–H and O–H groups in total. The third-order valence-corrected chi connectivity index (χ3v) is 4.28. The van der Waals surface area contributed by atoms with E-state index >= 15 is 0 Å². The number of rotatable bonds is 5. The summed E-state index contributed by atoms with van der Waals surface area (Å²) in [5.74, 6) is 0.692. The lowest BCUT2D eigenvalue weighted by atomic mass is 10.1. The Kier molecular flexibility index (Phi) is 5.37. The number of likely N-dealkylation sites (tertiary alicyclic amines) is 1. The van der Waals surface area contributed by atoms with Crippen LogP contribution in [0.15, 0.2) is 30.3 Å². The summed E-state index contributed by atoms with van der Waals surface area (Å²) in [6, 6.07) is 10.5. The molecule has 4 heteroatoms. The van der Waals surface area contributed by atoms with E-state index in [1.165, 1.54) is 0 Å². The molecule has 1 amide bonds. The first-order chi connectivity index (χ1) is 10.0. The molecular formula is C17H27N3O. The van der Waals surface area contributed by atoms with Gasteiger partial charge in [-0.25, -0.2) is 0 Å². The molecule has 0 aromatic heterocycles. The SMILES string of the molecule is CC1CC(CN)CN1CC(=O)N(c1ccccc1)C(C)C. The topological polar surface area (TPSA) is 49.6 Å². The van der Waals surface area contributed by atoms with Gasteiger partial charge in [-0.2, -0.15) is 0 Å². The van der Waals surface area contributed by atoms with Crippen molar-refractivity contribution in [2.24, 2.45) is 11.7 Å². The van der Waals surface area contributed by atoms with Gasteiger partial charge < -0.3 is 10.6 Å². The van der Waals surface area contributed by atoms with Crippen LogP contribution in [0.3, 0.4) is 0 Å². The summed E-state index contributed by atoms with van der Waals surface area (Å²) in [5, 5.41) is 0. The van der Waals surface area contributed by atoms with Crippen molar-refractivity contribution in [2.45, 2.75) is 39.3 Å². The van der Waals surface area contributed by atoms with Gasteiger partial charge in [0.1, 0.15) is 0 Å². The molecular weight excluding hydrogens is 262 g/mol. The van der Waals surface area contributed by atoms with Crippen LogP contribution in [0.5, 0.6) is 0 Å². The molecule has 1 aromatic carbocycles. The Labute approximate surface area is 127 Å². The highest BCUT2D eigenvalue weighted by Gasteiger charge is 2.31. The van der Waals surface area contributed by atoms with Gasteiger partial charge in [0.15, 0.2) is 0 Å². The Morgan fingerprint density at radius 2 is 2.05 bits per heavy atom. The van der Waals surface area contributed by atoms with Crippen LogP contribution < -0.4 is 10.6 Å². The van der Waals surface area contributed by atoms with Gasteiger partial charge in [-0.15, -0.1) is 0 Å². The molecule has 116 valence electrons. The van der Waals surface area contributed by atoms with Crippen LogP contribution in [0.2, 0.25) is 0 Å². The van der Waals surface area contributed by atoms with E-state index in [1.807, 2.05) is 35.2 Å². The number of nitrogens with zero attached hydrogens (tertiary/aromatic N) is 2. The Morgan fingerprint density at radius 1 is 1.38 bits per heavy atom. The zero-order valence-corrected chi connectivity index (χ0v) is 13.3. The van der Waals surface area contributed by atoms with Crippen molar-refractivity contribution in [3.63, 3.8) is 0 Å². The number of carbonyl (C=O) groups is 1. The van der Waals surface area contributed by atoms with Crippen LogP contribution in [0.1, 0.15) is 27.2 Å². The van der Waals surface area contributed by atoms with Gasteiger partial charge >= 0.3 is 0 Å². The zero-order chi connectivity index (χ0) is 15.4. The predicted molar refractivity (Wildman–Crippen MR) is 87.3 cm³/mol. The van der Waals surface area contributed by atoms with Gasteiger partial charge in [0, 0.05) is 24.3 Å². The first-order valence-corrected chi connectivity index (χ1v) is 7.84. The van der Waals surface area contributed by atoms with Crippen LogP contribution in [0.25, 0.3) is 0 Å². The zero-order valence-electron chi connectivity index (χ0n) is 13.3. The summed E-state index contributed by atoms with van der Waals surface area (Å²) < 4.78 is 0. The minimum Gasteiger partial charge on any atom is -0.330 e. The highest BCUT2D eigenvalue weighted by Crippen LogP contribution is 2.23. The molecule has 1 heterocycles. The molecule has 0 spiro atoms. The summed E-state index contributed by atoms with van der Waals surface area (Å²) in [7, 11) is 0. The summed E-state index contributed by atoms with van der Waals surface area (Å²) >= 11 is 0. The smallest absolute Gasteiger partial charge is 0.241 e. The molecule has 0 aliphatic carbocycles. The van der Waals surface area contributed by atoms with Crippen LogP contribution in [0, 0.1) is 5.92 Å².